The van der Waals surface area contributed by atoms with Gasteiger partial charge in [0.2, 0.25) is 0 Å². The summed E-state index contributed by atoms with van der Waals surface area (Å²) >= 11 is 0. The summed E-state index contributed by atoms with van der Waals surface area (Å²) in [5.74, 6) is 0.0672. The van der Waals surface area contributed by atoms with E-state index in [-0.39, 0.29) is 18.5 Å². The highest BCUT2D eigenvalue weighted by atomic mass is 16.5. The van der Waals surface area contributed by atoms with Crippen LogP contribution in [0.25, 0.3) is 6.08 Å². The van der Waals surface area contributed by atoms with E-state index in [9.17, 15) is 9.59 Å². The fourth-order valence-corrected chi connectivity index (χ4v) is 1.79. The van der Waals surface area contributed by atoms with Crippen molar-refractivity contribution >= 4 is 23.8 Å². The van der Waals surface area contributed by atoms with Crippen LogP contribution in [-0.4, -0.2) is 40.7 Å². The summed E-state index contributed by atoms with van der Waals surface area (Å²) in [6, 6.07) is 3.70. The van der Waals surface area contributed by atoms with Crippen LogP contribution in [0.1, 0.15) is 19.5 Å². The van der Waals surface area contributed by atoms with E-state index in [1.165, 1.54) is 11.8 Å². The molecule has 1 N–H and O–H groups in total. The summed E-state index contributed by atoms with van der Waals surface area (Å²) in [4.78, 5) is 31.5. The molecule has 6 heteroatoms. The number of nitrogens with zero attached hydrogens (tertiary/aromatic N) is 2. The number of aromatic nitrogens is 1. The highest BCUT2D eigenvalue weighted by Gasteiger charge is 2.27. The van der Waals surface area contributed by atoms with Crippen LogP contribution >= 0.6 is 0 Å². The first kappa shape index (κ1) is 13.1. The van der Waals surface area contributed by atoms with Gasteiger partial charge in [-0.05, 0) is 25.1 Å². The summed E-state index contributed by atoms with van der Waals surface area (Å²) < 4.78 is 4.83. The zero-order chi connectivity index (χ0) is 13.8. The van der Waals surface area contributed by atoms with Crippen molar-refractivity contribution in [1.82, 2.24) is 9.88 Å². The number of carbonyl (C=O) groups excluding carboxylic acids is 2. The van der Waals surface area contributed by atoms with E-state index in [4.69, 9.17) is 4.74 Å². The second kappa shape index (κ2) is 5.51. The molecule has 6 nitrogen and oxygen atoms in total. The van der Waals surface area contributed by atoms with Crippen molar-refractivity contribution in [3.05, 3.63) is 29.7 Å². The van der Waals surface area contributed by atoms with Crippen LogP contribution in [0.4, 0.5) is 0 Å². The monoisotopic (exact) mass is 261 g/mol. The van der Waals surface area contributed by atoms with Crippen molar-refractivity contribution in [2.75, 3.05) is 13.2 Å². The lowest BCUT2D eigenvalue weighted by Crippen LogP contribution is -2.33. The van der Waals surface area contributed by atoms with Gasteiger partial charge in [-0.3, -0.25) is 14.5 Å². The Morgan fingerprint density at radius 2 is 2.37 bits per heavy atom. The Morgan fingerprint density at radius 1 is 1.58 bits per heavy atom. The standard InChI is InChI=1S/C13H15N3O3/c1-9-15-12(8-11-4-3-5-14-11)13(18)16(9)6-7-19-10(2)17/h3-5,8,14H,6-7H2,1-2H3/b12-8+. The molecule has 19 heavy (non-hydrogen) atoms. The van der Waals surface area contributed by atoms with Gasteiger partial charge in [0.15, 0.2) is 0 Å². The van der Waals surface area contributed by atoms with E-state index in [2.05, 4.69) is 9.98 Å². The first-order valence-electron chi connectivity index (χ1n) is 5.93. The summed E-state index contributed by atoms with van der Waals surface area (Å²) in [5.41, 5.74) is 1.20. The van der Waals surface area contributed by atoms with Crippen molar-refractivity contribution in [2.45, 2.75) is 13.8 Å². The minimum absolute atomic E-state index is 0.170. The highest BCUT2D eigenvalue weighted by Crippen LogP contribution is 2.17. The SMILES string of the molecule is CC(=O)OCCN1C(=O)/C(=C\c2ccc[nH]2)N=C1C. The van der Waals surface area contributed by atoms with Gasteiger partial charge in [-0.15, -0.1) is 0 Å². The molecule has 2 heterocycles. The molecule has 0 spiro atoms. The molecule has 1 aliphatic rings. The normalized spacial score (nSPS) is 16.9. The number of hydrogen-bond acceptors (Lipinski definition) is 4. The van der Waals surface area contributed by atoms with Gasteiger partial charge in [0.1, 0.15) is 18.1 Å². The molecule has 1 amide bonds. The van der Waals surface area contributed by atoms with E-state index in [0.717, 1.165) is 5.69 Å². The summed E-state index contributed by atoms with van der Waals surface area (Å²) in [6.07, 6.45) is 3.47. The van der Waals surface area contributed by atoms with Gasteiger partial charge in [-0.1, -0.05) is 0 Å². The number of hydrogen-bond donors (Lipinski definition) is 1. The van der Waals surface area contributed by atoms with Crippen LogP contribution in [0.15, 0.2) is 29.0 Å². The third-order valence-corrected chi connectivity index (χ3v) is 2.67. The van der Waals surface area contributed by atoms with Crippen molar-refractivity contribution in [1.29, 1.82) is 0 Å². The zero-order valence-corrected chi connectivity index (χ0v) is 10.8. The predicted octanol–water partition coefficient (Wildman–Crippen LogP) is 1.18. The molecule has 0 atom stereocenters. The number of aromatic amines is 1. The Morgan fingerprint density at radius 3 is 3.00 bits per heavy atom. The molecular formula is C13H15N3O3. The second-order valence-electron chi connectivity index (χ2n) is 4.11. The number of nitrogens with one attached hydrogen (secondary N) is 1. The third-order valence-electron chi connectivity index (χ3n) is 2.67. The van der Waals surface area contributed by atoms with Gasteiger partial charge in [0, 0.05) is 18.8 Å². The molecule has 0 unspecified atom stereocenters. The van der Waals surface area contributed by atoms with E-state index in [1.807, 2.05) is 12.1 Å². The smallest absolute Gasteiger partial charge is 0.302 e. The minimum atomic E-state index is -0.358. The largest absolute Gasteiger partial charge is 0.464 e. The Balaban J connectivity index is 2.04. The maximum Gasteiger partial charge on any atom is 0.302 e. The lowest BCUT2D eigenvalue weighted by molar-refractivity contribution is -0.142. The molecule has 0 radical (unpaired) electrons. The van der Waals surface area contributed by atoms with E-state index in [1.54, 1.807) is 19.2 Å². The van der Waals surface area contributed by atoms with Crippen LogP contribution < -0.4 is 0 Å². The van der Waals surface area contributed by atoms with Crippen molar-refractivity contribution in [2.24, 2.45) is 4.99 Å². The van der Waals surface area contributed by atoms with Crippen LogP contribution in [0.5, 0.6) is 0 Å². The highest BCUT2D eigenvalue weighted by molar-refractivity contribution is 6.13. The summed E-state index contributed by atoms with van der Waals surface area (Å²) in [5, 5.41) is 0. The number of amides is 1. The Kier molecular flexibility index (Phi) is 3.79. The van der Waals surface area contributed by atoms with Gasteiger partial charge in [-0.25, -0.2) is 4.99 Å². The van der Waals surface area contributed by atoms with E-state index in [0.29, 0.717) is 18.1 Å². The Labute approximate surface area is 110 Å². The number of ether oxygens (including phenoxy) is 1. The molecule has 100 valence electrons. The summed E-state index contributed by atoms with van der Waals surface area (Å²) in [7, 11) is 0. The van der Waals surface area contributed by atoms with Crippen LogP contribution in [0.2, 0.25) is 0 Å². The van der Waals surface area contributed by atoms with Gasteiger partial charge in [0.25, 0.3) is 5.91 Å². The van der Waals surface area contributed by atoms with Crippen LogP contribution in [-0.2, 0) is 14.3 Å². The Bertz CT molecular complexity index is 543. The summed E-state index contributed by atoms with van der Waals surface area (Å²) in [6.45, 7) is 3.57. The average Bonchev–Trinajstić information content (AvgIpc) is 2.93. The molecule has 0 bridgehead atoms. The van der Waals surface area contributed by atoms with E-state index < -0.39 is 0 Å². The number of carbonyl (C=O) groups is 2. The number of esters is 1. The fourth-order valence-electron chi connectivity index (χ4n) is 1.79. The first-order chi connectivity index (χ1) is 9.08. The van der Waals surface area contributed by atoms with Crippen LogP contribution in [0.3, 0.4) is 0 Å². The van der Waals surface area contributed by atoms with Crippen molar-refractivity contribution < 1.29 is 14.3 Å². The lowest BCUT2D eigenvalue weighted by Gasteiger charge is -2.15. The van der Waals surface area contributed by atoms with Gasteiger partial charge in [-0.2, -0.15) is 0 Å². The average molecular weight is 261 g/mol. The Hall–Kier alpha value is -2.37. The minimum Gasteiger partial charge on any atom is -0.464 e. The van der Waals surface area contributed by atoms with Crippen molar-refractivity contribution in [3.63, 3.8) is 0 Å². The van der Waals surface area contributed by atoms with Crippen LogP contribution in [0, 0.1) is 0 Å². The number of H-pyrrole nitrogens is 1. The van der Waals surface area contributed by atoms with Crippen molar-refractivity contribution in [3.8, 4) is 0 Å². The van der Waals surface area contributed by atoms with Gasteiger partial charge >= 0.3 is 5.97 Å². The van der Waals surface area contributed by atoms with Gasteiger partial charge in [0.05, 0.1) is 6.54 Å². The zero-order valence-electron chi connectivity index (χ0n) is 10.8. The van der Waals surface area contributed by atoms with Gasteiger partial charge < -0.3 is 9.72 Å². The third kappa shape index (κ3) is 3.09. The molecule has 0 saturated heterocycles. The number of rotatable bonds is 4. The molecule has 1 aromatic rings. The predicted molar refractivity (Wildman–Crippen MR) is 70.2 cm³/mol. The lowest BCUT2D eigenvalue weighted by atomic mass is 10.3. The molecule has 0 saturated carbocycles. The topological polar surface area (TPSA) is 74.8 Å². The molecule has 1 aliphatic heterocycles. The molecule has 0 fully saturated rings. The maximum absolute atomic E-state index is 12.1. The quantitative estimate of drug-likeness (QED) is 0.653. The first-order valence-corrected chi connectivity index (χ1v) is 5.93. The molecule has 1 aromatic heterocycles. The molecular weight excluding hydrogens is 246 g/mol. The molecule has 2 rings (SSSR count). The maximum atomic E-state index is 12.1. The number of aliphatic imine (C=N–C) groups is 1. The number of amidine groups is 1. The molecule has 0 aliphatic carbocycles. The molecule has 0 aromatic carbocycles. The fraction of sp³-hybridized carbons (Fsp3) is 0.308. The van der Waals surface area contributed by atoms with E-state index >= 15 is 0 Å². The second-order valence-corrected chi connectivity index (χ2v) is 4.11.